The largest absolute Gasteiger partial charge is 0.497 e. The van der Waals surface area contributed by atoms with Crippen molar-refractivity contribution in [3.63, 3.8) is 0 Å². The average Bonchev–Trinajstić information content (AvgIpc) is 2.56. The fraction of sp³-hybridized carbons (Fsp3) is 0.333. The van der Waals surface area contributed by atoms with Crippen LogP contribution in [0.15, 0.2) is 24.4 Å². The van der Waals surface area contributed by atoms with Crippen LogP contribution in [0.25, 0.3) is 10.9 Å². The van der Waals surface area contributed by atoms with Crippen molar-refractivity contribution in [2.24, 2.45) is 7.05 Å². The van der Waals surface area contributed by atoms with Crippen LogP contribution in [0.5, 0.6) is 5.75 Å². The van der Waals surface area contributed by atoms with E-state index in [1.54, 1.807) is 7.11 Å². The number of hydrogen-bond acceptors (Lipinski definition) is 1. The number of nitrogens with zero attached hydrogens (tertiary/aromatic N) is 1. The molecule has 0 saturated carbocycles. The van der Waals surface area contributed by atoms with E-state index < -0.39 is 0 Å². The molecule has 0 aliphatic carbocycles. The summed E-state index contributed by atoms with van der Waals surface area (Å²) in [6.45, 7) is 0. The zero-order chi connectivity index (χ0) is 10.8. The summed E-state index contributed by atoms with van der Waals surface area (Å²) >= 11 is 3.48. The maximum atomic E-state index is 5.24. The molecular formula is C12H14BrNO. The number of benzene rings is 1. The summed E-state index contributed by atoms with van der Waals surface area (Å²) in [6.07, 6.45) is 3.23. The zero-order valence-electron chi connectivity index (χ0n) is 8.96. The highest BCUT2D eigenvalue weighted by Crippen LogP contribution is 2.25. The highest BCUT2D eigenvalue weighted by molar-refractivity contribution is 9.09. The third-order valence-electron chi connectivity index (χ3n) is 2.64. The summed E-state index contributed by atoms with van der Waals surface area (Å²) in [5.41, 5.74) is 2.62. The van der Waals surface area contributed by atoms with E-state index in [1.807, 2.05) is 6.07 Å². The van der Waals surface area contributed by atoms with Crippen LogP contribution in [0.4, 0.5) is 0 Å². The van der Waals surface area contributed by atoms with Crippen LogP contribution in [-0.2, 0) is 13.5 Å². The molecule has 0 atom stereocenters. The van der Waals surface area contributed by atoms with E-state index in [0.29, 0.717) is 0 Å². The van der Waals surface area contributed by atoms with Crippen molar-refractivity contribution in [1.29, 1.82) is 0 Å². The van der Waals surface area contributed by atoms with Gasteiger partial charge in [-0.2, -0.15) is 0 Å². The Morgan fingerprint density at radius 1 is 1.40 bits per heavy atom. The number of ether oxygens (including phenoxy) is 1. The Morgan fingerprint density at radius 2 is 2.20 bits per heavy atom. The molecule has 3 heteroatoms. The number of alkyl halides is 1. The number of methoxy groups -OCH3 is 1. The number of aryl methyl sites for hydroxylation is 2. The predicted molar refractivity (Wildman–Crippen MR) is 67.0 cm³/mol. The summed E-state index contributed by atoms with van der Waals surface area (Å²) in [4.78, 5) is 0. The van der Waals surface area contributed by atoms with Gasteiger partial charge in [-0.25, -0.2) is 0 Å². The Bertz CT molecular complexity index is 476. The van der Waals surface area contributed by atoms with Gasteiger partial charge in [0.2, 0.25) is 0 Å². The second kappa shape index (κ2) is 4.27. The van der Waals surface area contributed by atoms with Crippen molar-refractivity contribution in [2.45, 2.75) is 6.42 Å². The molecule has 0 N–H and O–H groups in total. The molecule has 2 rings (SSSR count). The van der Waals surface area contributed by atoms with Gasteiger partial charge in [0.15, 0.2) is 0 Å². The molecule has 1 aromatic heterocycles. The molecule has 0 amide bonds. The van der Waals surface area contributed by atoms with E-state index in [0.717, 1.165) is 17.5 Å². The van der Waals surface area contributed by atoms with Crippen molar-refractivity contribution in [3.8, 4) is 5.75 Å². The Hall–Kier alpha value is -0.960. The molecule has 1 heterocycles. The minimum Gasteiger partial charge on any atom is -0.497 e. The first-order valence-electron chi connectivity index (χ1n) is 4.94. The molecule has 0 radical (unpaired) electrons. The quantitative estimate of drug-likeness (QED) is 0.780. The highest BCUT2D eigenvalue weighted by Gasteiger charge is 2.06. The van der Waals surface area contributed by atoms with Crippen molar-refractivity contribution in [1.82, 2.24) is 4.57 Å². The molecule has 0 aliphatic heterocycles. The maximum Gasteiger partial charge on any atom is 0.119 e. The van der Waals surface area contributed by atoms with Gasteiger partial charge in [0.1, 0.15) is 5.75 Å². The number of halogens is 1. The molecule has 0 saturated heterocycles. The second-order valence-electron chi connectivity index (χ2n) is 3.59. The van der Waals surface area contributed by atoms with Crippen molar-refractivity contribution in [3.05, 3.63) is 30.0 Å². The summed E-state index contributed by atoms with van der Waals surface area (Å²) in [5.74, 6) is 0.921. The average molecular weight is 268 g/mol. The number of fused-ring (bicyclic) bond motifs is 1. The van der Waals surface area contributed by atoms with Gasteiger partial charge in [-0.3, -0.25) is 0 Å². The summed E-state index contributed by atoms with van der Waals surface area (Å²) in [7, 11) is 3.78. The predicted octanol–water partition coefficient (Wildman–Crippen LogP) is 3.12. The van der Waals surface area contributed by atoms with E-state index in [2.05, 4.69) is 45.9 Å². The van der Waals surface area contributed by atoms with E-state index >= 15 is 0 Å². The molecule has 0 fully saturated rings. The molecule has 2 aromatic rings. The van der Waals surface area contributed by atoms with Gasteiger partial charge >= 0.3 is 0 Å². The van der Waals surface area contributed by atoms with Crippen LogP contribution < -0.4 is 4.74 Å². The standard InChI is InChI=1S/C12H14BrNO/c1-14-8-9(5-6-13)11-7-10(15-2)3-4-12(11)14/h3-4,7-8H,5-6H2,1-2H3. The van der Waals surface area contributed by atoms with Gasteiger partial charge in [-0.15, -0.1) is 0 Å². The zero-order valence-corrected chi connectivity index (χ0v) is 10.5. The smallest absolute Gasteiger partial charge is 0.119 e. The number of aromatic nitrogens is 1. The van der Waals surface area contributed by atoms with Gasteiger partial charge in [-0.05, 0) is 30.2 Å². The molecule has 2 nitrogen and oxygen atoms in total. The molecule has 0 spiro atoms. The maximum absolute atomic E-state index is 5.24. The lowest BCUT2D eigenvalue weighted by Crippen LogP contribution is -1.85. The van der Waals surface area contributed by atoms with E-state index in [1.165, 1.54) is 16.5 Å². The molecule has 0 aliphatic rings. The van der Waals surface area contributed by atoms with Gasteiger partial charge in [0.05, 0.1) is 7.11 Å². The summed E-state index contributed by atoms with van der Waals surface area (Å²) < 4.78 is 7.40. The molecule has 15 heavy (non-hydrogen) atoms. The first kappa shape index (κ1) is 10.6. The first-order chi connectivity index (χ1) is 7.26. The fourth-order valence-corrected chi connectivity index (χ4v) is 2.31. The fourth-order valence-electron chi connectivity index (χ4n) is 1.88. The second-order valence-corrected chi connectivity index (χ2v) is 4.38. The lowest BCUT2D eigenvalue weighted by Gasteiger charge is -2.01. The van der Waals surface area contributed by atoms with Gasteiger partial charge in [0.25, 0.3) is 0 Å². The van der Waals surface area contributed by atoms with E-state index in [4.69, 9.17) is 4.74 Å². The third-order valence-corrected chi connectivity index (χ3v) is 3.04. The van der Waals surface area contributed by atoms with Gasteiger partial charge in [-0.1, -0.05) is 15.9 Å². The third kappa shape index (κ3) is 1.88. The summed E-state index contributed by atoms with van der Waals surface area (Å²) in [6, 6.07) is 6.21. The Morgan fingerprint density at radius 3 is 2.87 bits per heavy atom. The van der Waals surface area contributed by atoms with Crippen molar-refractivity contribution < 1.29 is 4.74 Å². The van der Waals surface area contributed by atoms with Crippen LogP contribution in [0, 0.1) is 0 Å². The lowest BCUT2D eigenvalue weighted by molar-refractivity contribution is 0.415. The Kier molecular flexibility index (Phi) is 3.00. The number of rotatable bonds is 3. The Balaban J connectivity index is 2.60. The van der Waals surface area contributed by atoms with Gasteiger partial charge in [0, 0.05) is 29.5 Å². The van der Waals surface area contributed by atoms with E-state index in [9.17, 15) is 0 Å². The van der Waals surface area contributed by atoms with Crippen LogP contribution in [0.1, 0.15) is 5.56 Å². The SMILES string of the molecule is COc1ccc2c(c1)c(CCBr)cn2C. The van der Waals surface area contributed by atoms with E-state index in [-0.39, 0.29) is 0 Å². The normalized spacial score (nSPS) is 10.9. The molecular weight excluding hydrogens is 254 g/mol. The Labute approximate surface area is 98.0 Å². The van der Waals surface area contributed by atoms with Gasteiger partial charge < -0.3 is 9.30 Å². The van der Waals surface area contributed by atoms with Crippen LogP contribution in [-0.4, -0.2) is 17.0 Å². The van der Waals surface area contributed by atoms with Crippen LogP contribution in [0.2, 0.25) is 0 Å². The van der Waals surface area contributed by atoms with Crippen LogP contribution >= 0.6 is 15.9 Å². The minimum atomic E-state index is 0.921. The lowest BCUT2D eigenvalue weighted by atomic mass is 10.1. The number of hydrogen-bond donors (Lipinski definition) is 0. The summed E-state index contributed by atoms with van der Waals surface area (Å²) in [5, 5.41) is 2.28. The topological polar surface area (TPSA) is 14.2 Å². The van der Waals surface area contributed by atoms with Crippen molar-refractivity contribution in [2.75, 3.05) is 12.4 Å². The molecule has 0 bridgehead atoms. The highest BCUT2D eigenvalue weighted by atomic mass is 79.9. The monoisotopic (exact) mass is 267 g/mol. The molecule has 0 unspecified atom stereocenters. The minimum absolute atomic E-state index is 0.921. The van der Waals surface area contributed by atoms with Crippen LogP contribution in [0.3, 0.4) is 0 Å². The first-order valence-corrected chi connectivity index (χ1v) is 6.06. The molecule has 1 aromatic carbocycles. The van der Waals surface area contributed by atoms with Crippen molar-refractivity contribution >= 4 is 26.8 Å². The molecule has 80 valence electrons.